The second kappa shape index (κ2) is 20.8. The predicted molar refractivity (Wildman–Crippen MR) is 164 cm³/mol. The lowest BCUT2D eigenvalue weighted by Gasteiger charge is -2.10. The molecule has 1 atom stereocenters. The van der Waals surface area contributed by atoms with Crippen LogP contribution < -0.4 is 16.0 Å². The summed E-state index contributed by atoms with van der Waals surface area (Å²) in [5, 5.41) is 22.7. The first-order chi connectivity index (χ1) is 19.6. The first-order valence-corrected chi connectivity index (χ1v) is 13.5. The molecule has 0 radical (unpaired) electrons. The number of methoxy groups -OCH3 is 2. The summed E-state index contributed by atoms with van der Waals surface area (Å²) in [4.78, 5) is 9.62. The molecule has 1 unspecified atom stereocenters. The maximum absolute atomic E-state index is 9.62. The van der Waals surface area contributed by atoms with Gasteiger partial charge >= 0.3 is 0 Å². The van der Waals surface area contributed by atoms with Gasteiger partial charge in [0.1, 0.15) is 6.07 Å². The summed E-state index contributed by atoms with van der Waals surface area (Å²) in [6.45, 7) is 7.43. The quantitative estimate of drug-likeness (QED) is 0.222. The molecule has 0 saturated carbocycles. The topological polar surface area (TPSA) is 113 Å². The lowest BCUT2D eigenvalue weighted by Crippen LogP contribution is -2.13. The summed E-state index contributed by atoms with van der Waals surface area (Å²) in [6.07, 6.45) is 16.0. The average Bonchev–Trinajstić information content (AvgIpc) is 3.15. The fourth-order valence-corrected chi connectivity index (χ4v) is 3.71. The SMILES string of the molecule is CC.CNc1cn2ncc(C#N)c(Nc3ccccc3)c2c1C.COC1C=CC=CCC1.COCCCNC=O. The molecule has 3 aromatic rings. The molecule has 0 fully saturated rings. The van der Waals surface area contributed by atoms with Gasteiger partial charge in [-0.2, -0.15) is 10.4 Å². The van der Waals surface area contributed by atoms with E-state index in [1.165, 1.54) is 0 Å². The van der Waals surface area contributed by atoms with Gasteiger partial charge < -0.3 is 25.4 Å². The molecular weight excluding hydrogens is 504 g/mol. The smallest absolute Gasteiger partial charge is 0.207 e. The Kier molecular flexibility index (Phi) is 17.6. The number of fused-ring (bicyclic) bond motifs is 1. The molecule has 216 valence electrons. The zero-order chi connectivity index (χ0) is 29.6. The Morgan fingerprint density at radius 2 is 1.95 bits per heavy atom. The van der Waals surface area contributed by atoms with E-state index < -0.39 is 0 Å². The van der Waals surface area contributed by atoms with E-state index in [1.807, 2.05) is 70.4 Å². The van der Waals surface area contributed by atoms with Crippen LogP contribution in [0.3, 0.4) is 0 Å². The molecule has 40 heavy (non-hydrogen) atoms. The van der Waals surface area contributed by atoms with Gasteiger partial charge in [-0.15, -0.1) is 0 Å². The number of nitriles is 1. The number of hydrogen-bond acceptors (Lipinski definition) is 7. The summed E-state index contributed by atoms with van der Waals surface area (Å²) >= 11 is 0. The van der Waals surface area contributed by atoms with Crippen molar-refractivity contribution >= 4 is 29.0 Å². The number of hydrogen-bond donors (Lipinski definition) is 3. The molecule has 2 heterocycles. The number of amides is 1. The number of anilines is 3. The number of aryl methyl sites for hydroxylation is 1. The van der Waals surface area contributed by atoms with Crippen molar-refractivity contribution in [2.75, 3.05) is 45.1 Å². The Bertz CT molecular complexity index is 1220. The lowest BCUT2D eigenvalue weighted by atomic mass is 10.1. The number of nitrogens with one attached hydrogen (secondary N) is 3. The molecule has 9 nitrogen and oxygen atoms in total. The van der Waals surface area contributed by atoms with Crippen LogP contribution in [-0.2, 0) is 14.3 Å². The van der Waals surface area contributed by atoms with Crippen LogP contribution in [0.4, 0.5) is 17.1 Å². The molecule has 1 aliphatic carbocycles. The van der Waals surface area contributed by atoms with Crippen molar-refractivity contribution in [1.29, 1.82) is 5.26 Å². The zero-order valence-electron chi connectivity index (χ0n) is 24.6. The van der Waals surface area contributed by atoms with E-state index in [-0.39, 0.29) is 0 Å². The Morgan fingerprint density at radius 1 is 1.20 bits per heavy atom. The second-order valence-corrected chi connectivity index (χ2v) is 8.33. The third kappa shape index (κ3) is 11.3. The van der Waals surface area contributed by atoms with Crippen LogP contribution in [0.1, 0.15) is 44.2 Å². The third-order valence-electron chi connectivity index (χ3n) is 5.74. The Labute approximate surface area is 238 Å². The summed E-state index contributed by atoms with van der Waals surface area (Å²) in [5.74, 6) is 0. The summed E-state index contributed by atoms with van der Waals surface area (Å²) in [5.41, 5.74) is 5.19. The number of para-hydroxylation sites is 1. The number of carbonyl (C=O) groups is 1. The molecule has 1 aromatic carbocycles. The van der Waals surface area contributed by atoms with Gasteiger partial charge in [-0.3, -0.25) is 4.79 Å². The van der Waals surface area contributed by atoms with Crippen LogP contribution in [0.25, 0.3) is 5.52 Å². The van der Waals surface area contributed by atoms with Gasteiger partial charge in [0.15, 0.2) is 0 Å². The zero-order valence-corrected chi connectivity index (χ0v) is 24.6. The molecule has 3 N–H and O–H groups in total. The van der Waals surface area contributed by atoms with Crippen LogP contribution in [0.15, 0.2) is 67.0 Å². The molecule has 4 rings (SSSR count). The molecule has 1 amide bonds. The number of allylic oxidation sites excluding steroid dienone is 3. The molecule has 0 bridgehead atoms. The van der Waals surface area contributed by atoms with Gasteiger partial charge in [0.25, 0.3) is 0 Å². The van der Waals surface area contributed by atoms with Gasteiger partial charge in [0.2, 0.25) is 6.41 Å². The highest BCUT2D eigenvalue weighted by Crippen LogP contribution is 2.31. The van der Waals surface area contributed by atoms with Crippen molar-refractivity contribution in [2.45, 2.75) is 46.1 Å². The highest BCUT2D eigenvalue weighted by molar-refractivity contribution is 5.87. The minimum Gasteiger partial charge on any atom is -0.387 e. The third-order valence-corrected chi connectivity index (χ3v) is 5.74. The Morgan fingerprint density at radius 3 is 2.58 bits per heavy atom. The maximum Gasteiger partial charge on any atom is 0.207 e. The van der Waals surface area contributed by atoms with Crippen LogP contribution in [0, 0.1) is 18.3 Å². The highest BCUT2D eigenvalue weighted by atomic mass is 16.5. The van der Waals surface area contributed by atoms with Crippen LogP contribution in [0.5, 0.6) is 0 Å². The van der Waals surface area contributed by atoms with Gasteiger partial charge in [0.05, 0.1) is 41.0 Å². The van der Waals surface area contributed by atoms with E-state index in [2.05, 4.69) is 45.3 Å². The van der Waals surface area contributed by atoms with Crippen molar-refractivity contribution < 1.29 is 14.3 Å². The number of benzene rings is 1. The Hall–Kier alpha value is -4.13. The van der Waals surface area contributed by atoms with Crippen molar-refractivity contribution in [3.05, 3.63) is 78.2 Å². The van der Waals surface area contributed by atoms with Crippen LogP contribution in [0.2, 0.25) is 0 Å². The van der Waals surface area contributed by atoms with E-state index >= 15 is 0 Å². The normalized spacial score (nSPS) is 13.2. The van der Waals surface area contributed by atoms with E-state index in [1.54, 1.807) is 24.9 Å². The monoisotopic (exact) mass is 548 g/mol. The first kappa shape index (κ1) is 33.9. The van der Waals surface area contributed by atoms with Crippen molar-refractivity contribution in [3.8, 4) is 6.07 Å². The predicted octanol–water partition coefficient (Wildman–Crippen LogP) is 6.00. The number of carbonyl (C=O) groups excluding carboxylic acids is 1. The summed E-state index contributed by atoms with van der Waals surface area (Å²) in [7, 11) is 5.26. The van der Waals surface area contributed by atoms with E-state index in [9.17, 15) is 10.1 Å². The van der Waals surface area contributed by atoms with Crippen molar-refractivity contribution in [1.82, 2.24) is 14.9 Å². The molecule has 0 spiro atoms. The van der Waals surface area contributed by atoms with Crippen LogP contribution in [-0.4, -0.2) is 56.5 Å². The van der Waals surface area contributed by atoms with Gasteiger partial charge in [-0.05, 0) is 38.3 Å². The molecule has 0 saturated heterocycles. The lowest BCUT2D eigenvalue weighted by molar-refractivity contribution is -0.109. The van der Waals surface area contributed by atoms with Gasteiger partial charge in [0, 0.05) is 45.7 Å². The Balaban J connectivity index is 0.000000349. The fourth-order valence-electron chi connectivity index (χ4n) is 3.71. The highest BCUT2D eigenvalue weighted by Gasteiger charge is 2.15. The first-order valence-electron chi connectivity index (χ1n) is 13.5. The minimum atomic E-state index is 0.333. The van der Waals surface area contributed by atoms with Crippen LogP contribution >= 0.6 is 0 Å². The minimum absolute atomic E-state index is 0.333. The number of nitrogens with zero attached hydrogens (tertiary/aromatic N) is 3. The van der Waals surface area contributed by atoms with E-state index in [0.717, 1.165) is 47.4 Å². The number of rotatable bonds is 9. The molecule has 0 aliphatic heterocycles. The van der Waals surface area contributed by atoms with Crippen molar-refractivity contribution in [2.24, 2.45) is 0 Å². The number of aromatic nitrogens is 2. The van der Waals surface area contributed by atoms with E-state index in [0.29, 0.717) is 31.2 Å². The van der Waals surface area contributed by atoms with E-state index in [4.69, 9.17) is 9.47 Å². The van der Waals surface area contributed by atoms with Gasteiger partial charge in [-0.1, -0.05) is 56.4 Å². The molecule has 9 heteroatoms. The molecule has 2 aromatic heterocycles. The summed E-state index contributed by atoms with van der Waals surface area (Å²) in [6, 6.07) is 12.0. The largest absolute Gasteiger partial charge is 0.387 e. The average molecular weight is 549 g/mol. The van der Waals surface area contributed by atoms with Gasteiger partial charge in [-0.25, -0.2) is 4.52 Å². The standard InChI is InChI=1S/C16H15N5.C8H12O.C5H11NO2.C2H6/c1-11-14(18-2)10-21-16(11)15(12(8-17)9-19-21)20-13-6-4-3-5-7-13;1-9-8-6-4-2-3-5-7-8;1-8-4-2-3-6-5-7;1-2/h3-7,9-10,18,20H,1-2H3;2-4,6,8H,5,7H2,1H3;5H,2-4H2,1H3,(H,6,7);1-2H3. The fraction of sp³-hybridized carbons (Fsp3) is 0.387. The summed E-state index contributed by atoms with van der Waals surface area (Å²) < 4.78 is 11.7. The second-order valence-electron chi connectivity index (χ2n) is 8.33. The number of ether oxygens (including phenoxy) is 2. The maximum atomic E-state index is 9.62. The molecule has 1 aliphatic rings. The molecular formula is C31H44N6O3. The van der Waals surface area contributed by atoms with Crippen molar-refractivity contribution in [3.63, 3.8) is 0 Å².